The number of aromatic nitrogens is 1. The number of ether oxygens (including phenoxy) is 2. The molecule has 1 amide bonds. The lowest BCUT2D eigenvalue weighted by Gasteiger charge is -2.34. The van der Waals surface area contributed by atoms with Gasteiger partial charge in [-0.3, -0.25) is 9.69 Å². The Labute approximate surface area is 167 Å². The average Bonchev–Trinajstić information content (AvgIpc) is 3.34. The first-order chi connectivity index (χ1) is 13.7. The molecule has 0 radical (unpaired) electrons. The van der Waals surface area contributed by atoms with Crippen molar-refractivity contribution in [2.24, 2.45) is 0 Å². The van der Waals surface area contributed by atoms with Crippen LogP contribution in [0.3, 0.4) is 0 Å². The maximum absolute atomic E-state index is 12.9. The van der Waals surface area contributed by atoms with Crippen LogP contribution >= 0.6 is 11.6 Å². The van der Waals surface area contributed by atoms with E-state index in [4.69, 9.17) is 21.1 Å². The summed E-state index contributed by atoms with van der Waals surface area (Å²) in [5.74, 6) is 1.65. The molecule has 1 aromatic heterocycles. The molecular weight excluding hydrogens is 378 g/mol. The Balaban J connectivity index is 1.22. The second-order valence-electron chi connectivity index (χ2n) is 7.17. The largest absolute Gasteiger partial charge is 0.454 e. The standard InChI is InChI=1S/C21H20ClN3O3/c22-16-3-2-15-10-18(23-17(15)11-16)21(26)25-7-5-24(6-8-25)12-14-1-4-19-20(9-14)28-13-27-19/h1-4,9-11,23H,5-8,12-13H2. The van der Waals surface area contributed by atoms with Gasteiger partial charge in [0.1, 0.15) is 5.69 Å². The molecule has 3 heterocycles. The molecule has 1 N–H and O–H groups in total. The summed E-state index contributed by atoms with van der Waals surface area (Å²) in [4.78, 5) is 20.3. The van der Waals surface area contributed by atoms with Gasteiger partial charge >= 0.3 is 0 Å². The Hall–Kier alpha value is -2.70. The summed E-state index contributed by atoms with van der Waals surface area (Å²) in [6, 6.07) is 13.6. The number of nitrogens with zero attached hydrogens (tertiary/aromatic N) is 2. The van der Waals surface area contributed by atoms with Crippen molar-refractivity contribution in [3.63, 3.8) is 0 Å². The Morgan fingerprint density at radius 3 is 2.68 bits per heavy atom. The topological polar surface area (TPSA) is 57.8 Å². The first-order valence-corrected chi connectivity index (χ1v) is 9.72. The first kappa shape index (κ1) is 17.4. The Bertz CT molecular complexity index is 1040. The highest BCUT2D eigenvalue weighted by Crippen LogP contribution is 2.33. The molecule has 0 spiro atoms. The highest BCUT2D eigenvalue weighted by Gasteiger charge is 2.24. The number of hydrogen-bond acceptors (Lipinski definition) is 4. The molecule has 0 atom stereocenters. The third kappa shape index (κ3) is 3.30. The van der Waals surface area contributed by atoms with E-state index in [1.54, 1.807) is 0 Å². The highest BCUT2D eigenvalue weighted by molar-refractivity contribution is 6.31. The van der Waals surface area contributed by atoms with Gasteiger partial charge in [-0.15, -0.1) is 0 Å². The maximum Gasteiger partial charge on any atom is 0.270 e. The van der Waals surface area contributed by atoms with Gasteiger partial charge in [-0.2, -0.15) is 0 Å². The SMILES string of the molecule is O=C(c1cc2ccc(Cl)cc2[nH]1)N1CCN(Cc2ccc3c(c2)OCO3)CC1. The van der Waals surface area contributed by atoms with Crippen LogP contribution in [0.4, 0.5) is 0 Å². The van der Waals surface area contributed by atoms with E-state index in [-0.39, 0.29) is 5.91 Å². The van der Waals surface area contributed by atoms with Crippen LogP contribution in [0.15, 0.2) is 42.5 Å². The minimum Gasteiger partial charge on any atom is -0.454 e. The molecule has 0 unspecified atom stereocenters. The van der Waals surface area contributed by atoms with E-state index in [2.05, 4.69) is 16.0 Å². The van der Waals surface area contributed by atoms with E-state index >= 15 is 0 Å². The minimum absolute atomic E-state index is 0.0371. The smallest absolute Gasteiger partial charge is 0.270 e. The number of carbonyl (C=O) groups is 1. The van der Waals surface area contributed by atoms with Crippen molar-refractivity contribution in [3.8, 4) is 11.5 Å². The van der Waals surface area contributed by atoms with Crippen LogP contribution in [-0.4, -0.2) is 53.7 Å². The lowest BCUT2D eigenvalue weighted by atomic mass is 10.1. The summed E-state index contributed by atoms with van der Waals surface area (Å²) in [6.45, 7) is 4.22. The van der Waals surface area contributed by atoms with E-state index in [9.17, 15) is 4.79 Å². The van der Waals surface area contributed by atoms with Gasteiger partial charge in [0, 0.05) is 48.6 Å². The van der Waals surface area contributed by atoms with Crippen molar-refractivity contribution in [2.75, 3.05) is 33.0 Å². The number of aromatic amines is 1. The van der Waals surface area contributed by atoms with Gasteiger partial charge in [0.05, 0.1) is 0 Å². The Morgan fingerprint density at radius 2 is 1.82 bits per heavy atom. The minimum atomic E-state index is 0.0371. The summed E-state index contributed by atoms with van der Waals surface area (Å²) < 4.78 is 10.8. The second kappa shape index (κ2) is 7.04. The average molecular weight is 398 g/mol. The van der Waals surface area contributed by atoms with Gasteiger partial charge in [0.2, 0.25) is 6.79 Å². The summed E-state index contributed by atoms with van der Waals surface area (Å²) >= 11 is 6.03. The highest BCUT2D eigenvalue weighted by atomic mass is 35.5. The lowest BCUT2D eigenvalue weighted by Crippen LogP contribution is -2.48. The lowest BCUT2D eigenvalue weighted by molar-refractivity contribution is 0.0623. The van der Waals surface area contributed by atoms with Gasteiger partial charge in [0.25, 0.3) is 5.91 Å². The van der Waals surface area contributed by atoms with Crippen molar-refractivity contribution in [1.82, 2.24) is 14.8 Å². The van der Waals surface area contributed by atoms with Crippen molar-refractivity contribution in [1.29, 1.82) is 0 Å². The molecule has 7 heteroatoms. The van der Waals surface area contributed by atoms with Crippen molar-refractivity contribution < 1.29 is 14.3 Å². The maximum atomic E-state index is 12.9. The summed E-state index contributed by atoms with van der Waals surface area (Å²) in [5.41, 5.74) is 2.69. The molecule has 1 saturated heterocycles. The van der Waals surface area contributed by atoms with Gasteiger partial charge in [0.15, 0.2) is 11.5 Å². The summed E-state index contributed by atoms with van der Waals surface area (Å²) in [5, 5.41) is 1.65. The predicted octanol–water partition coefficient (Wildman–Crippen LogP) is 3.51. The Kier molecular flexibility index (Phi) is 4.37. The second-order valence-corrected chi connectivity index (χ2v) is 7.61. The zero-order valence-electron chi connectivity index (χ0n) is 15.3. The molecule has 2 aromatic carbocycles. The number of nitrogens with one attached hydrogen (secondary N) is 1. The molecule has 3 aromatic rings. The number of halogens is 1. The normalized spacial score (nSPS) is 16.7. The van der Waals surface area contributed by atoms with Gasteiger partial charge in [-0.05, 0) is 35.9 Å². The number of H-pyrrole nitrogens is 1. The van der Waals surface area contributed by atoms with E-state index in [0.29, 0.717) is 30.6 Å². The third-order valence-electron chi connectivity index (χ3n) is 5.32. The predicted molar refractivity (Wildman–Crippen MR) is 107 cm³/mol. The quantitative estimate of drug-likeness (QED) is 0.734. The number of rotatable bonds is 3. The fourth-order valence-electron chi connectivity index (χ4n) is 3.79. The molecule has 0 bridgehead atoms. The van der Waals surface area contributed by atoms with Crippen molar-refractivity contribution >= 4 is 28.4 Å². The first-order valence-electron chi connectivity index (χ1n) is 9.34. The van der Waals surface area contributed by atoms with Crippen LogP contribution < -0.4 is 9.47 Å². The molecule has 1 fully saturated rings. The third-order valence-corrected chi connectivity index (χ3v) is 5.55. The fraction of sp³-hybridized carbons (Fsp3) is 0.286. The summed E-state index contributed by atoms with van der Waals surface area (Å²) in [7, 11) is 0. The number of fused-ring (bicyclic) bond motifs is 2. The number of piperazine rings is 1. The number of hydrogen-bond donors (Lipinski definition) is 1. The monoisotopic (exact) mass is 397 g/mol. The van der Waals surface area contributed by atoms with E-state index in [0.717, 1.165) is 42.0 Å². The molecule has 0 saturated carbocycles. The molecule has 2 aliphatic heterocycles. The number of carbonyl (C=O) groups excluding carboxylic acids is 1. The van der Waals surface area contributed by atoms with E-state index < -0.39 is 0 Å². The number of benzene rings is 2. The Morgan fingerprint density at radius 1 is 1.00 bits per heavy atom. The molecule has 2 aliphatic rings. The van der Waals surface area contributed by atoms with Crippen LogP contribution in [0, 0.1) is 0 Å². The van der Waals surface area contributed by atoms with Gasteiger partial charge in [-0.1, -0.05) is 23.7 Å². The van der Waals surface area contributed by atoms with Crippen molar-refractivity contribution in [2.45, 2.75) is 6.54 Å². The number of amides is 1. The van der Waals surface area contributed by atoms with Crippen LogP contribution in [-0.2, 0) is 6.54 Å². The van der Waals surface area contributed by atoms with E-state index in [1.807, 2.05) is 41.3 Å². The zero-order valence-corrected chi connectivity index (χ0v) is 16.0. The van der Waals surface area contributed by atoms with E-state index in [1.165, 1.54) is 5.56 Å². The molecule has 144 valence electrons. The molecule has 5 rings (SSSR count). The molecule has 28 heavy (non-hydrogen) atoms. The fourth-order valence-corrected chi connectivity index (χ4v) is 3.96. The molecular formula is C21H20ClN3O3. The van der Waals surface area contributed by atoms with Crippen LogP contribution in [0.5, 0.6) is 11.5 Å². The van der Waals surface area contributed by atoms with Crippen LogP contribution in [0.2, 0.25) is 5.02 Å². The van der Waals surface area contributed by atoms with Crippen LogP contribution in [0.25, 0.3) is 10.9 Å². The van der Waals surface area contributed by atoms with Gasteiger partial charge < -0.3 is 19.4 Å². The molecule has 6 nitrogen and oxygen atoms in total. The summed E-state index contributed by atoms with van der Waals surface area (Å²) in [6.07, 6.45) is 0. The molecule has 0 aliphatic carbocycles. The van der Waals surface area contributed by atoms with Crippen molar-refractivity contribution in [3.05, 3.63) is 58.7 Å². The van der Waals surface area contributed by atoms with Gasteiger partial charge in [-0.25, -0.2) is 0 Å². The zero-order chi connectivity index (χ0) is 19.1. The van der Waals surface area contributed by atoms with Crippen LogP contribution in [0.1, 0.15) is 16.1 Å².